The number of rotatable bonds is 7. The molecule has 3 aromatic carbocycles. The molecule has 0 fully saturated rings. The molecule has 34 heavy (non-hydrogen) atoms. The van der Waals surface area contributed by atoms with E-state index in [1.165, 1.54) is 24.3 Å². The summed E-state index contributed by atoms with van der Waals surface area (Å²) >= 11 is 0. The molecule has 178 valence electrons. The van der Waals surface area contributed by atoms with Crippen molar-refractivity contribution in [3.63, 3.8) is 0 Å². The van der Waals surface area contributed by atoms with Gasteiger partial charge in [0.2, 0.25) is 0 Å². The number of halogens is 1. The second kappa shape index (κ2) is 9.49. The number of esters is 1. The predicted octanol–water partition coefficient (Wildman–Crippen LogP) is 6.58. The van der Waals surface area contributed by atoms with E-state index in [0.29, 0.717) is 24.3 Å². The maximum absolute atomic E-state index is 14.7. The Hall–Kier alpha value is -3.34. The molecule has 5 heteroatoms. The molecule has 0 amide bonds. The summed E-state index contributed by atoms with van der Waals surface area (Å²) in [6.07, 6.45) is 1.27. The molecule has 0 saturated heterocycles. The van der Waals surface area contributed by atoms with Gasteiger partial charge >= 0.3 is 5.97 Å². The molecular formula is C29H31FO4. The van der Waals surface area contributed by atoms with E-state index in [9.17, 15) is 9.18 Å². The van der Waals surface area contributed by atoms with E-state index in [4.69, 9.17) is 14.2 Å². The lowest BCUT2D eigenvalue weighted by atomic mass is 9.76. The van der Waals surface area contributed by atoms with Gasteiger partial charge in [-0.15, -0.1) is 0 Å². The highest BCUT2D eigenvalue weighted by Crippen LogP contribution is 2.40. The van der Waals surface area contributed by atoms with Crippen LogP contribution in [-0.4, -0.2) is 20.2 Å². The fraction of sp³-hybridized carbons (Fsp3) is 0.345. The van der Waals surface area contributed by atoms with Crippen LogP contribution in [0.15, 0.2) is 54.6 Å². The molecule has 0 aromatic heterocycles. The number of hydrogen-bond acceptors (Lipinski definition) is 4. The minimum Gasteiger partial charge on any atom is -0.497 e. The molecule has 0 N–H and O–H groups in total. The molecule has 1 aliphatic rings. The highest BCUT2D eigenvalue weighted by Gasteiger charge is 2.29. The number of ether oxygens (including phenoxy) is 3. The molecule has 1 atom stereocenters. The summed E-state index contributed by atoms with van der Waals surface area (Å²) in [6, 6.07) is 16.9. The fourth-order valence-electron chi connectivity index (χ4n) is 4.50. The van der Waals surface area contributed by atoms with Gasteiger partial charge in [-0.05, 0) is 75.9 Å². The van der Waals surface area contributed by atoms with Crippen LogP contribution in [0.4, 0.5) is 4.39 Å². The van der Waals surface area contributed by atoms with E-state index in [2.05, 4.69) is 26.8 Å². The van der Waals surface area contributed by atoms with Crippen LogP contribution in [0, 0.1) is 5.82 Å². The van der Waals surface area contributed by atoms with Gasteiger partial charge in [-0.1, -0.05) is 45.0 Å². The number of fused-ring (bicyclic) bond motifs is 1. The van der Waals surface area contributed by atoms with Crippen molar-refractivity contribution in [2.24, 2.45) is 0 Å². The summed E-state index contributed by atoms with van der Waals surface area (Å²) in [5.41, 5.74) is 5.66. The Morgan fingerprint density at radius 2 is 1.74 bits per heavy atom. The summed E-state index contributed by atoms with van der Waals surface area (Å²) in [4.78, 5) is 11.5. The molecule has 1 aliphatic carbocycles. The van der Waals surface area contributed by atoms with Gasteiger partial charge in [-0.2, -0.15) is 0 Å². The van der Waals surface area contributed by atoms with Crippen molar-refractivity contribution in [3.8, 4) is 22.6 Å². The van der Waals surface area contributed by atoms with Crippen LogP contribution >= 0.6 is 0 Å². The van der Waals surface area contributed by atoms with E-state index < -0.39 is 0 Å². The van der Waals surface area contributed by atoms with Gasteiger partial charge in [0.1, 0.15) is 23.9 Å². The Bertz CT molecular complexity index is 1210. The maximum atomic E-state index is 14.7. The van der Waals surface area contributed by atoms with Gasteiger partial charge in [0.05, 0.1) is 20.6 Å². The third kappa shape index (κ3) is 4.93. The van der Waals surface area contributed by atoms with E-state index in [1.807, 2.05) is 30.3 Å². The van der Waals surface area contributed by atoms with Crippen molar-refractivity contribution in [2.45, 2.75) is 51.6 Å². The SMILES string of the molecule is COC(=O)C[C@H]1Cc2cc(OCc3ccc(-c4cc(OC)ccc4F)c(C(C)(C)C)c3)ccc21. The molecule has 4 rings (SSSR count). The second-order valence-corrected chi connectivity index (χ2v) is 9.81. The van der Waals surface area contributed by atoms with Crippen LogP contribution in [-0.2, 0) is 28.0 Å². The number of benzene rings is 3. The van der Waals surface area contributed by atoms with Crippen molar-refractivity contribution in [3.05, 3.63) is 82.7 Å². The lowest BCUT2D eigenvalue weighted by Crippen LogP contribution is -2.20. The quantitative estimate of drug-likeness (QED) is 0.372. The largest absolute Gasteiger partial charge is 0.497 e. The van der Waals surface area contributed by atoms with Crippen LogP contribution < -0.4 is 9.47 Å². The van der Waals surface area contributed by atoms with Gasteiger partial charge < -0.3 is 14.2 Å². The summed E-state index contributed by atoms with van der Waals surface area (Å²) in [5, 5.41) is 0. The first kappa shape index (κ1) is 23.8. The predicted molar refractivity (Wildman–Crippen MR) is 131 cm³/mol. The summed E-state index contributed by atoms with van der Waals surface area (Å²) in [5.74, 6) is 1.20. The van der Waals surface area contributed by atoms with Crippen molar-refractivity contribution < 1.29 is 23.4 Å². The first-order chi connectivity index (χ1) is 16.2. The van der Waals surface area contributed by atoms with Crippen LogP contribution in [0.1, 0.15) is 55.4 Å². The molecule has 0 aliphatic heterocycles. The second-order valence-electron chi connectivity index (χ2n) is 9.81. The number of carbonyl (C=O) groups is 1. The summed E-state index contributed by atoms with van der Waals surface area (Å²) < 4.78 is 30.9. The molecular weight excluding hydrogens is 431 g/mol. The van der Waals surface area contributed by atoms with Gasteiger partial charge in [-0.3, -0.25) is 4.79 Å². The molecule has 0 heterocycles. The number of hydrogen-bond donors (Lipinski definition) is 0. The average molecular weight is 463 g/mol. The molecule has 0 saturated carbocycles. The Kier molecular flexibility index (Phi) is 6.65. The topological polar surface area (TPSA) is 44.8 Å². The van der Waals surface area contributed by atoms with Crippen LogP contribution in [0.2, 0.25) is 0 Å². The van der Waals surface area contributed by atoms with Crippen LogP contribution in [0.25, 0.3) is 11.1 Å². The van der Waals surface area contributed by atoms with Crippen molar-refractivity contribution in [1.82, 2.24) is 0 Å². The molecule has 4 nitrogen and oxygen atoms in total. The highest BCUT2D eigenvalue weighted by molar-refractivity contribution is 5.72. The summed E-state index contributed by atoms with van der Waals surface area (Å²) in [7, 11) is 3.00. The molecule has 0 unspecified atom stereocenters. The number of methoxy groups -OCH3 is 2. The third-order valence-electron chi connectivity index (χ3n) is 6.42. The normalized spacial score (nSPS) is 14.7. The zero-order chi connectivity index (χ0) is 24.5. The van der Waals surface area contributed by atoms with Gasteiger partial charge in [0, 0.05) is 5.56 Å². The zero-order valence-corrected chi connectivity index (χ0v) is 20.4. The Morgan fingerprint density at radius 1 is 0.971 bits per heavy atom. The minimum atomic E-state index is -0.275. The molecule has 0 spiro atoms. The fourth-order valence-corrected chi connectivity index (χ4v) is 4.50. The van der Waals surface area contributed by atoms with Crippen molar-refractivity contribution >= 4 is 5.97 Å². The number of carbonyl (C=O) groups excluding carboxylic acids is 1. The van der Waals surface area contributed by atoms with E-state index >= 15 is 0 Å². The minimum absolute atomic E-state index is 0.178. The molecule has 0 bridgehead atoms. The van der Waals surface area contributed by atoms with E-state index in [-0.39, 0.29) is 23.1 Å². The Balaban J connectivity index is 1.53. The van der Waals surface area contributed by atoms with Crippen molar-refractivity contribution in [2.75, 3.05) is 14.2 Å². The average Bonchev–Trinajstić information content (AvgIpc) is 2.80. The third-order valence-corrected chi connectivity index (χ3v) is 6.42. The maximum Gasteiger partial charge on any atom is 0.306 e. The smallest absolute Gasteiger partial charge is 0.306 e. The first-order valence-electron chi connectivity index (χ1n) is 11.5. The highest BCUT2D eigenvalue weighted by atomic mass is 19.1. The monoisotopic (exact) mass is 462 g/mol. The molecule has 3 aromatic rings. The van der Waals surface area contributed by atoms with Crippen molar-refractivity contribution in [1.29, 1.82) is 0 Å². The van der Waals surface area contributed by atoms with E-state index in [0.717, 1.165) is 28.9 Å². The van der Waals surface area contributed by atoms with Gasteiger partial charge in [0.25, 0.3) is 0 Å². The zero-order valence-electron chi connectivity index (χ0n) is 20.4. The Morgan fingerprint density at radius 3 is 2.41 bits per heavy atom. The van der Waals surface area contributed by atoms with E-state index in [1.54, 1.807) is 19.2 Å². The van der Waals surface area contributed by atoms with Gasteiger partial charge in [0.15, 0.2) is 0 Å². The standard InChI is InChI=1S/C29H31FO4/c1-29(2,3)26-12-18(6-9-24(26)25-16-21(32-4)8-11-27(25)30)17-34-22-7-10-23-19(14-22)13-20(23)15-28(31)33-5/h6-12,14,16,20H,13,15,17H2,1-5H3/t20-/m1/s1. The van der Waals surface area contributed by atoms with Crippen LogP contribution in [0.5, 0.6) is 11.5 Å². The van der Waals surface area contributed by atoms with Crippen LogP contribution in [0.3, 0.4) is 0 Å². The Labute approximate surface area is 200 Å². The summed E-state index contributed by atoms with van der Waals surface area (Å²) in [6.45, 7) is 6.77. The van der Waals surface area contributed by atoms with Gasteiger partial charge in [-0.25, -0.2) is 4.39 Å². The first-order valence-corrected chi connectivity index (χ1v) is 11.5. The lowest BCUT2D eigenvalue weighted by molar-refractivity contribution is -0.141. The lowest BCUT2D eigenvalue weighted by Gasteiger charge is -2.29. The molecule has 0 radical (unpaired) electrons.